The quantitative estimate of drug-likeness (QED) is 0.888. The van der Waals surface area contributed by atoms with Gasteiger partial charge in [0.05, 0.1) is 13.2 Å². The van der Waals surface area contributed by atoms with Crippen molar-refractivity contribution >= 4 is 5.91 Å². The minimum atomic E-state index is -0.0930. The molecule has 0 spiro atoms. The molecule has 0 bridgehead atoms. The SMILES string of the molecule is COc1ccc(OCC(C)NC(=O)c2cc(C)ccc2C)cc1. The van der Waals surface area contributed by atoms with Gasteiger partial charge in [0.25, 0.3) is 5.91 Å². The molecule has 0 heterocycles. The first-order valence-corrected chi connectivity index (χ1v) is 7.64. The largest absolute Gasteiger partial charge is 0.497 e. The molecule has 23 heavy (non-hydrogen) atoms. The lowest BCUT2D eigenvalue weighted by molar-refractivity contribution is 0.0926. The molecule has 1 unspecified atom stereocenters. The molecule has 4 heteroatoms. The van der Waals surface area contributed by atoms with E-state index in [0.717, 1.165) is 22.6 Å². The lowest BCUT2D eigenvalue weighted by Gasteiger charge is -2.16. The number of amides is 1. The molecule has 2 rings (SSSR count). The summed E-state index contributed by atoms with van der Waals surface area (Å²) in [6, 6.07) is 13.1. The van der Waals surface area contributed by atoms with Crippen LogP contribution >= 0.6 is 0 Å². The van der Waals surface area contributed by atoms with Crippen LogP contribution in [0.1, 0.15) is 28.4 Å². The van der Waals surface area contributed by atoms with Gasteiger partial charge in [0.1, 0.15) is 18.1 Å². The van der Waals surface area contributed by atoms with Gasteiger partial charge in [0, 0.05) is 5.56 Å². The van der Waals surface area contributed by atoms with Crippen LogP contribution in [-0.4, -0.2) is 25.7 Å². The molecule has 0 saturated heterocycles. The molecule has 2 aromatic rings. The van der Waals surface area contributed by atoms with Gasteiger partial charge in [-0.25, -0.2) is 0 Å². The molecule has 2 aromatic carbocycles. The van der Waals surface area contributed by atoms with Crippen molar-refractivity contribution in [1.82, 2.24) is 5.32 Å². The van der Waals surface area contributed by atoms with Gasteiger partial charge in [-0.15, -0.1) is 0 Å². The van der Waals surface area contributed by atoms with Crippen LogP contribution < -0.4 is 14.8 Å². The van der Waals surface area contributed by atoms with E-state index in [2.05, 4.69) is 5.32 Å². The Bertz CT molecular complexity index is 665. The van der Waals surface area contributed by atoms with Crippen LogP contribution in [0.15, 0.2) is 42.5 Å². The Morgan fingerprint density at radius 2 is 1.74 bits per heavy atom. The van der Waals surface area contributed by atoms with Crippen LogP contribution in [0.5, 0.6) is 11.5 Å². The number of rotatable bonds is 6. The summed E-state index contributed by atoms with van der Waals surface area (Å²) >= 11 is 0. The average molecular weight is 313 g/mol. The third kappa shape index (κ3) is 4.74. The molecule has 1 N–H and O–H groups in total. The maximum Gasteiger partial charge on any atom is 0.251 e. The Labute approximate surface area is 137 Å². The average Bonchev–Trinajstić information content (AvgIpc) is 2.55. The van der Waals surface area contributed by atoms with E-state index in [4.69, 9.17) is 9.47 Å². The summed E-state index contributed by atoms with van der Waals surface area (Å²) < 4.78 is 10.8. The highest BCUT2D eigenvalue weighted by Gasteiger charge is 2.12. The second-order valence-electron chi connectivity index (χ2n) is 5.68. The zero-order valence-corrected chi connectivity index (χ0v) is 14.1. The van der Waals surface area contributed by atoms with E-state index in [1.807, 2.05) is 63.2 Å². The molecule has 4 nitrogen and oxygen atoms in total. The number of carbonyl (C=O) groups excluding carboxylic acids is 1. The molecule has 0 aliphatic rings. The summed E-state index contributed by atoms with van der Waals surface area (Å²) in [7, 11) is 1.63. The van der Waals surface area contributed by atoms with Crippen molar-refractivity contribution in [2.45, 2.75) is 26.8 Å². The van der Waals surface area contributed by atoms with Gasteiger partial charge >= 0.3 is 0 Å². The summed E-state index contributed by atoms with van der Waals surface area (Å²) in [5.41, 5.74) is 2.75. The number of ether oxygens (including phenoxy) is 2. The lowest BCUT2D eigenvalue weighted by atomic mass is 10.0. The van der Waals surface area contributed by atoms with Crippen LogP contribution in [0.4, 0.5) is 0 Å². The van der Waals surface area contributed by atoms with E-state index in [9.17, 15) is 4.79 Å². The molecule has 0 saturated carbocycles. The number of benzene rings is 2. The fourth-order valence-electron chi connectivity index (χ4n) is 2.22. The number of aryl methyl sites for hydroxylation is 2. The van der Waals surface area contributed by atoms with E-state index < -0.39 is 0 Å². The maximum atomic E-state index is 12.3. The number of hydrogen-bond donors (Lipinski definition) is 1. The van der Waals surface area contributed by atoms with Gasteiger partial charge in [-0.2, -0.15) is 0 Å². The van der Waals surface area contributed by atoms with E-state index in [1.54, 1.807) is 7.11 Å². The molecule has 0 aliphatic carbocycles. The zero-order valence-electron chi connectivity index (χ0n) is 14.1. The first-order chi connectivity index (χ1) is 11.0. The third-order valence-electron chi connectivity index (χ3n) is 3.57. The van der Waals surface area contributed by atoms with Crippen molar-refractivity contribution < 1.29 is 14.3 Å². The molecular weight excluding hydrogens is 290 g/mol. The predicted octanol–water partition coefficient (Wildman–Crippen LogP) is 3.51. The van der Waals surface area contributed by atoms with Crippen molar-refractivity contribution in [2.75, 3.05) is 13.7 Å². The second-order valence-corrected chi connectivity index (χ2v) is 5.68. The Kier molecular flexibility index (Phi) is 5.63. The second kappa shape index (κ2) is 7.68. The summed E-state index contributed by atoms with van der Waals surface area (Å²) in [5, 5.41) is 2.97. The zero-order chi connectivity index (χ0) is 16.8. The van der Waals surface area contributed by atoms with E-state index in [-0.39, 0.29) is 11.9 Å². The van der Waals surface area contributed by atoms with Crippen molar-refractivity contribution in [3.63, 3.8) is 0 Å². The van der Waals surface area contributed by atoms with Crippen molar-refractivity contribution in [1.29, 1.82) is 0 Å². The van der Waals surface area contributed by atoms with Crippen molar-refractivity contribution in [3.8, 4) is 11.5 Å². The van der Waals surface area contributed by atoms with Crippen molar-refractivity contribution in [3.05, 3.63) is 59.2 Å². The third-order valence-corrected chi connectivity index (χ3v) is 3.57. The maximum absolute atomic E-state index is 12.3. The molecule has 0 radical (unpaired) electrons. The van der Waals surface area contributed by atoms with Crippen LogP contribution in [0.3, 0.4) is 0 Å². The highest BCUT2D eigenvalue weighted by atomic mass is 16.5. The monoisotopic (exact) mass is 313 g/mol. The van der Waals surface area contributed by atoms with Gasteiger partial charge in [-0.3, -0.25) is 4.79 Å². The highest BCUT2D eigenvalue weighted by Crippen LogP contribution is 2.17. The molecule has 0 aromatic heterocycles. The molecular formula is C19H23NO3. The predicted molar refractivity (Wildman–Crippen MR) is 91.3 cm³/mol. The smallest absolute Gasteiger partial charge is 0.251 e. The Morgan fingerprint density at radius 1 is 1.09 bits per heavy atom. The summed E-state index contributed by atoms with van der Waals surface area (Å²) in [5.74, 6) is 1.46. The number of methoxy groups -OCH3 is 1. The highest BCUT2D eigenvalue weighted by molar-refractivity contribution is 5.96. The Hall–Kier alpha value is -2.49. The summed E-state index contributed by atoms with van der Waals surface area (Å²) in [6.45, 7) is 6.24. The van der Waals surface area contributed by atoms with Gasteiger partial charge in [-0.05, 0) is 56.7 Å². The van der Waals surface area contributed by atoms with E-state index >= 15 is 0 Å². The lowest BCUT2D eigenvalue weighted by Crippen LogP contribution is -2.37. The summed E-state index contributed by atoms with van der Waals surface area (Å²) in [6.07, 6.45) is 0. The van der Waals surface area contributed by atoms with Crippen LogP contribution in [-0.2, 0) is 0 Å². The fraction of sp³-hybridized carbons (Fsp3) is 0.316. The van der Waals surface area contributed by atoms with Gasteiger partial charge < -0.3 is 14.8 Å². The fourth-order valence-corrected chi connectivity index (χ4v) is 2.22. The van der Waals surface area contributed by atoms with Gasteiger partial charge in [0.2, 0.25) is 0 Å². The van der Waals surface area contributed by atoms with Gasteiger partial charge in [0.15, 0.2) is 0 Å². The number of hydrogen-bond acceptors (Lipinski definition) is 3. The topological polar surface area (TPSA) is 47.6 Å². The molecule has 1 atom stereocenters. The molecule has 122 valence electrons. The van der Waals surface area contributed by atoms with Crippen LogP contribution in [0.2, 0.25) is 0 Å². The first-order valence-electron chi connectivity index (χ1n) is 7.64. The first kappa shape index (κ1) is 16.9. The van der Waals surface area contributed by atoms with Crippen LogP contribution in [0, 0.1) is 13.8 Å². The van der Waals surface area contributed by atoms with Crippen molar-refractivity contribution in [2.24, 2.45) is 0 Å². The minimum absolute atomic E-state index is 0.0722. The minimum Gasteiger partial charge on any atom is -0.497 e. The standard InChI is InChI=1S/C19H23NO3/c1-13-5-6-14(2)18(11-13)19(21)20-15(3)12-23-17-9-7-16(22-4)8-10-17/h5-11,15H,12H2,1-4H3,(H,20,21). The molecule has 0 fully saturated rings. The summed E-state index contributed by atoms with van der Waals surface area (Å²) in [4.78, 5) is 12.3. The number of carbonyl (C=O) groups is 1. The van der Waals surface area contributed by atoms with Crippen LogP contribution in [0.25, 0.3) is 0 Å². The Morgan fingerprint density at radius 3 is 2.39 bits per heavy atom. The number of nitrogens with one attached hydrogen (secondary N) is 1. The molecule has 0 aliphatic heterocycles. The molecule has 1 amide bonds. The van der Waals surface area contributed by atoms with Gasteiger partial charge in [-0.1, -0.05) is 17.7 Å². The Balaban J connectivity index is 1.89. The normalized spacial score (nSPS) is 11.7. The van der Waals surface area contributed by atoms with E-state index in [0.29, 0.717) is 12.2 Å². The van der Waals surface area contributed by atoms with E-state index in [1.165, 1.54) is 0 Å².